The minimum Gasteiger partial charge on any atom is -0.483 e. The van der Waals surface area contributed by atoms with Gasteiger partial charge in [-0.15, -0.1) is 0 Å². The molecule has 1 saturated heterocycles. The number of fused-ring (bicyclic) bond motifs is 4. The summed E-state index contributed by atoms with van der Waals surface area (Å²) in [4.78, 5) is 26.9. The van der Waals surface area contributed by atoms with E-state index < -0.39 is 5.60 Å². The van der Waals surface area contributed by atoms with E-state index in [-0.39, 0.29) is 24.1 Å². The van der Waals surface area contributed by atoms with E-state index in [4.69, 9.17) is 9.15 Å². The summed E-state index contributed by atoms with van der Waals surface area (Å²) in [7, 11) is 0. The predicted octanol–water partition coefficient (Wildman–Crippen LogP) is 3.12. The molecule has 6 nitrogen and oxygen atoms in total. The van der Waals surface area contributed by atoms with Gasteiger partial charge in [-0.3, -0.25) is 4.79 Å². The van der Waals surface area contributed by atoms with E-state index in [0.29, 0.717) is 30.8 Å². The van der Waals surface area contributed by atoms with Crippen molar-refractivity contribution in [2.75, 3.05) is 19.7 Å². The summed E-state index contributed by atoms with van der Waals surface area (Å²) in [5.74, 6) is 0.684. The summed E-state index contributed by atoms with van der Waals surface area (Å²) in [5.41, 5.74) is 2.38. The molecule has 1 N–H and O–H groups in total. The van der Waals surface area contributed by atoms with Crippen molar-refractivity contribution < 1.29 is 19.1 Å². The topological polar surface area (TPSA) is 80.0 Å². The molecule has 30 heavy (non-hydrogen) atoms. The Hall–Kier alpha value is -2.34. The van der Waals surface area contributed by atoms with Crippen LogP contribution >= 0.6 is 0 Å². The van der Waals surface area contributed by atoms with Crippen molar-refractivity contribution in [3.8, 4) is 5.75 Å². The van der Waals surface area contributed by atoms with Crippen LogP contribution in [-0.4, -0.2) is 41.2 Å². The zero-order valence-corrected chi connectivity index (χ0v) is 17.5. The number of ether oxygens (including phenoxy) is 1. The molecular weight excluding hydrogens is 382 g/mol. The second-order valence-electron chi connectivity index (χ2n) is 9.19. The van der Waals surface area contributed by atoms with Gasteiger partial charge in [-0.1, -0.05) is 12.8 Å². The molecule has 1 aromatic carbocycles. The Balaban J connectivity index is 1.31. The van der Waals surface area contributed by atoms with Crippen LogP contribution in [0.25, 0.3) is 11.0 Å². The molecule has 0 radical (unpaired) electrons. The van der Waals surface area contributed by atoms with Crippen molar-refractivity contribution in [2.45, 2.75) is 63.9 Å². The van der Waals surface area contributed by atoms with Gasteiger partial charge in [-0.25, -0.2) is 4.79 Å². The Morgan fingerprint density at radius 3 is 2.93 bits per heavy atom. The number of hydrogen-bond donors (Lipinski definition) is 1. The fraction of sp³-hybridized carbons (Fsp3) is 0.583. The summed E-state index contributed by atoms with van der Waals surface area (Å²) in [6.45, 7) is 3.01. The second-order valence-corrected chi connectivity index (χ2v) is 9.19. The van der Waals surface area contributed by atoms with Crippen LogP contribution in [0.5, 0.6) is 5.75 Å². The largest absolute Gasteiger partial charge is 0.483 e. The molecule has 3 aliphatic rings. The lowest BCUT2D eigenvalue weighted by Gasteiger charge is -2.47. The van der Waals surface area contributed by atoms with Crippen molar-refractivity contribution >= 4 is 16.9 Å². The van der Waals surface area contributed by atoms with Crippen molar-refractivity contribution in [2.24, 2.45) is 5.92 Å². The van der Waals surface area contributed by atoms with Crippen LogP contribution in [0.4, 0.5) is 0 Å². The molecule has 5 rings (SSSR count). The van der Waals surface area contributed by atoms with Gasteiger partial charge in [0, 0.05) is 35.5 Å². The molecule has 1 amide bonds. The first kappa shape index (κ1) is 19.6. The Bertz CT molecular complexity index is 1060. The molecule has 0 unspecified atom stereocenters. The molecule has 2 fully saturated rings. The highest BCUT2D eigenvalue weighted by Gasteiger charge is 2.43. The van der Waals surface area contributed by atoms with Crippen molar-refractivity contribution in [1.29, 1.82) is 0 Å². The zero-order chi connectivity index (χ0) is 20.9. The Kier molecular flexibility index (Phi) is 4.85. The standard InChI is InChI=1S/C24H29NO5/c1-15-20(9-8-18-17-6-4-7-19(17)23(27)30-22(15)18)29-14-21(26)25-12-11-24(28)10-3-2-5-16(24)13-25/h8-9,16,28H,2-7,10-14H2,1H3/t16-,24+/m1/s1. The Morgan fingerprint density at radius 2 is 2.07 bits per heavy atom. The summed E-state index contributed by atoms with van der Waals surface area (Å²) in [6.07, 6.45) is 7.34. The van der Waals surface area contributed by atoms with Crippen LogP contribution < -0.4 is 10.4 Å². The monoisotopic (exact) mass is 411 g/mol. The van der Waals surface area contributed by atoms with Crippen molar-refractivity contribution in [3.05, 3.63) is 39.2 Å². The highest BCUT2D eigenvalue weighted by molar-refractivity contribution is 5.86. The van der Waals surface area contributed by atoms with E-state index in [2.05, 4.69) is 0 Å². The minimum atomic E-state index is -0.595. The molecule has 2 heterocycles. The van der Waals surface area contributed by atoms with E-state index >= 15 is 0 Å². The quantitative estimate of drug-likeness (QED) is 0.785. The number of benzene rings is 1. The van der Waals surface area contributed by atoms with Gasteiger partial charge >= 0.3 is 5.63 Å². The molecule has 1 aliphatic heterocycles. The maximum atomic E-state index is 12.8. The third-order valence-electron chi connectivity index (χ3n) is 7.47. The smallest absolute Gasteiger partial charge is 0.339 e. The molecule has 1 saturated carbocycles. The summed E-state index contributed by atoms with van der Waals surface area (Å²) in [5, 5.41) is 11.8. The maximum Gasteiger partial charge on any atom is 0.339 e. The normalized spacial score (nSPS) is 25.8. The number of aliphatic hydroxyl groups is 1. The number of amides is 1. The highest BCUT2D eigenvalue weighted by Crippen LogP contribution is 2.40. The number of carbonyl (C=O) groups is 1. The molecule has 2 aliphatic carbocycles. The lowest BCUT2D eigenvalue weighted by Crippen LogP contribution is -2.55. The minimum absolute atomic E-state index is 0.0489. The van der Waals surface area contributed by atoms with Crippen LogP contribution in [0.15, 0.2) is 21.3 Å². The van der Waals surface area contributed by atoms with E-state index in [0.717, 1.165) is 67.0 Å². The number of nitrogens with zero attached hydrogens (tertiary/aromatic N) is 1. The van der Waals surface area contributed by atoms with Gasteiger partial charge in [0.05, 0.1) is 5.60 Å². The summed E-state index contributed by atoms with van der Waals surface area (Å²) < 4.78 is 11.5. The lowest BCUT2D eigenvalue weighted by molar-refractivity contribution is -0.145. The number of aryl methyl sites for hydroxylation is 2. The van der Waals surface area contributed by atoms with E-state index in [1.165, 1.54) is 0 Å². The molecule has 0 bridgehead atoms. The fourth-order valence-corrected chi connectivity index (χ4v) is 5.65. The van der Waals surface area contributed by atoms with Crippen LogP contribution in [0.2, 0.25) is 0 Å². The third-order valence-corrected chi connectivity index (χ3v) is 7.47. The van der Waals surface area contributed by atoms with Crippen LogP contribution in [0.1, 0.15) is 55.2 Å². The van der Waals surface area contributed by atoms with Gasteiger partial charge in [0.25, 0.3) is 5.91 Å². The first-order valence-corrected chi connectivity index (χ1v) is 11.2. The van der Waals surface area contributed by atoms with E-state index in [1.54, 1.807) is 0 Å². The molecular formula is C24H29NO5. The molecule has 160 valence electrons. The predicted molar refractivity (Wildman–Crippen MR) is 113 cm³/mol. The SMILES string of the molecule is Cc1c(OCC(=O)N2CC[C@@]3(O)CCCC[C@@H]3C2)ccc2c3c(c(=O)oc12)CCC3. The molecule has 1 aromatic heterocycles. The van der Waals surface area contributed by atoms with Gasteiger partial charge in [-0.2, -0.15) is 0 Å². The average molecular weight is 411 g/mol. The van der Waals surface area contributed by atoms with Gasteiger partial charge in [0.1, 0.15) is 11.3 Å². The lowest BCUT2D eigenvalue weighted by atomic mass is 9.71. The summed E-state index contributed by atoms with van der Waals surface area (Å²) >= 11 is 0. The van der Waals surface area contributed by atoms with Gasteiger partial charge in [0.15, 0.2) is 6.61 Å². The second kappa shape index (κ2) is 7.41. The van der Waals surface area contributed by atoms with Crippen LogP contribution in [0.3, 0.4) is 0 Å². The van der Waals surface area contributed by atoms with Crippen LogP contribution in [-0.2, 0) is 17.6 Å². The van der Waals surface area contributed by atoms with Gasteiger partial charge in [0.2, 0.25) is 0 Å². The third kappa shape index (κ3) is 3.22. The number of hydrogen-bond acceptors (Lipinski definition) is 5. The van der Waals surface area contributed by atoms with Gasteiger partial charge < -0.3 is 19.2 Å². The van der Waals surface area contributed by atoms with Crippen molar-refractivity contribution in [1.82, 2.24) is 4.90 Å². The van der Waals surface area contributed by atoms with E-state index in [1.807, 2.05) is 24.0 Å². The number of carbonyl (C=O) groups excluding carboxylic acids is 1. The average Bonchev–Trinajstić information content (AvgIpc) is 3.24. The van der Waals surface area contributed by atoms with E-state index in [9.17, 15) is 14.7 Å². The Labute approximate surface area is 175 Å². The summed E-state index contributed by atoms with van der Waals surface area (Å²) in [6, 6.07) is 3.82. The number of rotatable bonds is 3. The molecule has 6 heteroatoms. The zero-order valence-electron chi connectivity index (χ0n) is 17.5. The molecule has 0 spiro atoms. The number of piperidine rings is 1. The Morgan fingerprint density at radius 1 is 1.23 bits per heavy atom. The number of likely N-dealkylation sites (tertiary alicyclic amines) is 1. The van der Waals surface area contributed by atoms with Crippen molar-refractivity contribution in [3.63, 3.8) is 0 Å². The first-order chi connectivity index (χ1) is 14.5. The molecule has 2 aromatic rings. The van der Waals surface area contributed by atoms with Gasteiger partial charge in [-0.05, 0) is 63.1 Å². The highest BCUT2D eigenvalue weighted by atomic mass is 16.5. The maximum absolute atomic E-state index is 12.8. The van der Waals surface area contributed by atoms with Crippen LogP contribution in [0, 0.1) is 12.8 Å². The first-order valence-electron chi connectivity index (χ1n) is 11.2. The molecule has 2 atom stereocenters. The fourth-order valence-electron chi connectivity index (χ4n) is 5.65.